The number of hydrogen-bond donors (Lipinski definition) is 0. The van der Waals surface area contributed by atoms with Gasteiger partial charge < -0.3 is 4.74 Å². The van der Waals surface area contributed by atoms with Gasteiger partial charge >= 0.3 is 0 Å². The molecule has 1 saturated heterocycles. The fraction of sp³-hybridized carbons (Fsp3) is 0.222. The smallest absolute Gasteiger partial charge is 0.259 e. The number of fused-ring (bicyclic) bond motifs is 1. The average molecular weight is 518 g/mol. The minimum atomic E-state index is -0.728. The predicted octanol–water partition coefficient (Wildman–Crippen LogP) is 5.41. The van der Waals surface area contributed by atoms with E-state index in [0.29, 0.717) is 18.0 Å². The largest absolute Gasteiger partial charge is 0.494 e. The van der Waals surface area contributed by atoms with Gasteiger partial charge in [-0.3, -0.25) is 14.6 Å². The first-order chi connectivity index (χ1) is 16.6. The third-order valence-electron chi connectivity index (χ3n) is 6.07. The Morgan fingerprint density at radius 1 is 0.882 bits per heavy atom. The van der Waals surface area contributed by atoms with Crippen molar-refractivity contribution in [3.05, 3.63) is 88.9 Å². The molecule has 0 bridgehead atoms. The Kier molecular flexibility index (Phi) is 6.20. The highest BCUT2D eigenvalue weighted by molar-refractivity contribution is 9.10. The lowest BCUT2D eigenvalue weighted by molar-refractivity contribution is -0.121. The number of hydrogen-bond acceptors (Lipinski definition) is 5. The Labute approximate surface area is 207 Å². The van der Waals surface area contributed by atoms with Crippen LogP contribution in [0, 0.1) is 5.92 Å². The molecule has 0 saturated carbocycles. The number of unbranched alkanes of at least 4 members (excludes halogenated alkanes) is 1. The van der Waals surface area contributed by atoms with Crippen molar-refractivity contribution in [2.24, 2.45) is 11.0 Å². The van der Waals surface area contributed by atoms with Crippen molar-refractivity contribution in [2.45, 2.75) is 25.8 Å². The molecule has 0 aliphatic carbocycles. The molecule has 0 radical (unpaired) electrons. The second-order valence-electron chi connectivity index (χ2n) is 8.30. The number of rotatable bonds is 7. The molecule has 2 aliphatic heterocycles. The second kappa shape index (κ2) is 9.43. The number of benzene rings is 3. The standard InChI is InChI=1S/C27H24BrN3O3/c1-2-3-17-34-22-15-13-20(14-16-22)30-26(32)23-24(18-9-11-19(28)12-10-18)29-31(25(23)27(30)33)21-7-5-4-6-8-21/h4-16,23,25H,2-3,17H2,1H3/t23-,25+/m0/s1. The Balaban J connectivity index is 1.50. The van der Waals surface area contributed by atoms with E-state index in [9.17, 15) is 9.59 Å². The van der Waals surface area contributed by atoms with Crippen LogP contribution in [0.3, 0.4) is 0 Å². The van der Waals surface area contributed by atoms with Crippen LogP contribution in [0.25, 0.3) is 0 Å². The van der Waals surface area contributed by atoms with Crippen molar-refractivity contribution in [2.75, 3.05) is 16.5 Å². The number of amides is 2. The van der Waals surface area contributed by atoms with E-state index in [0.717, 1.165) is 34.3 Å². The van der Waals surface area contributed by atoms with Crippen LogP contribution in [0.5, 0.6) is 5.75 Å². The fourth-order valence-corrected chi connectivity index (χ4v) is 4.61. The summed E-state index contributed by atoms with van der Waals surface area (Å²) in [6.07, 6.45) is 2.03. The molecule has 3 aromatic carbocycles. The highest BCUT2D eigenvalue weighted by Gasteiger charge is 2.57. The van der Waals surface area contributed by atoms with Crippen molar-refractivity contribution in [3.8, 4) is 5.75 Å². The minimum absolute atomic E-state index is 0.269. The van der Waals surface area contributed by atoms with E-state index in [4.69, 9.17) is 9.84 Å². The molecule has 34 heavy (non-hydrogen) atoms. The molecule has 0 aromatic heterocycles. The molecule has 0 N–H and O–H groups in total. The fourth-order valence-electron chi connectivity index (χ4n) is 4.35. The van der Waals surface area contributed by atoms with Gasteiger partial charge in [0.25, 0.3) is 5.91 Å². The van der Waals surface area contributed by atoms with Crippen LogP contribution in [0.2, 0.25) is 0 Å². The molecule has 6 nitrogen and oxygen atoms in total. The number of hydrazone groups is 1. The normalized spacial score (nSPS) is 19.4. The van der Waals surface area contributed by atoms with Crippen molar-refractivity contribution in [1.82, 2.24) is 0 Å². The van der Waals surface area contributed by atoms with Gasteiger partial charge in [0.1, 0.15) is 17.7 Å². The van der Waals surface area contributed by atoms with E-state index in [2.05, 4.69) is 22.9 Å². The van der Waals surface area contributed by atoms with E-state index < -0.39 is 12.0 Å². The number of anilines is 2. The minimum Gasteiger partial charge on any atom is -0.494 e. The van der Waals surface area contributed by atoms with Crippen molar-refractivity contribution >= 4 is 44.8 Å². The Morgan fingerprint density at radius 2 is 1.59 bits per heavy atom. The number of ether oxygens (including phenoxy) is 1. The van der Waals surface area contributed by atoms with Crippen molar-refractivity contribution < 1.29 is 14.3 Å². The molecule has 0 spiro atoms. The first-order valence-corrected chi connectivity index (χ1v) is 12.2. The van der Waals surface area contributed by atoms with Gasteiger partial charge in [0, 0.05) is 4.47 Å². The average Bonchev–Trinajstić information content (AvgIpc) is 3.38. The van der Waals surface area contributed by atoms with Gasteiger partial charge in [0.2, 0.25) is 5.91 Å². The van der Waals surface area contributed by atoms with E-state index in [-0.39, 0.29) is 11.8 Å². The SMILES string of the molecule is CCCCOc1ccc(N2C(=O)[C@H]3C(c4ccc(Br)cc4)=NN(c4ccccc4)[C@H]3C2=O)cc1. The van der Waals surface area contributed by atoms with Crippen molar-refractivity contribution in [3.63, 3.8) is 0 Å². The maximum absolute atomic E-state index is 13.7. The summed E-state index contributed by atoms with van der Waals surface area (Å²) in [6, 6.07) is 23.6. The zero-order valence-electron chi connectivity index (χ0n) is 18.7. The number of carbonyl (C=O) groups is 2. The van der Waals surface area contributed by atoms with Crippen LogP contribution in [-0.4, -0.2) is 30.2 Å². The van der Waals surface area contributed by atoms with E-state index in [1.54, 1.807) is 29.3 Å². The number of para-hydroxylation sites is 1. The Morgan fingerprint density at radius 3 is 2.26 bits per heavy atom. The molecule has 7 heteroatoms. The van der Waals surface area contributed by atoms with Gasteiger partial charge in [-0.2, -0.15) is 5.10 Å². The molecular formula is C27H24BrN3O3. The summed E-state index contributed by atoms with van der Waals surface area (Å²) in [6.45, 7) is 2.75. The lowest BCUT2D eigenvalue weighted by Gasteiger charge is -2.22. The first kappa shape index (κ1) is 22.3. The number of halogens is 1. The topological polar surface area (TPSA) is 62.2 Å². The lowest BCUT2D eigenvalue weighted by atomic mass is 9.93. The van der Waals surface area contributed by atoms with Crippen LogP contribution in [0.1, 0.15) is 25.3 Å². The zero-order chi connectivity index (χ0) is 23.7. The molecule has 1 fully saturated rings. The molecule has 3 aromatic rings. The highest BCUT2D eigenvalue weighted by atomic mass is 79.9. The van der Waals surface area contributed by atoms with E-state index >= 15 is 0 Å². The van der Waals surface area contributed by atoms with Gasteiger partial charge in [-0.1, -0.05) is 59.6 Å². The van der Waals surface area contributed by atoms with Gasteiger partial charge in [0.05, 0.1) is 23.7 Å². The van der Waals surface area contributed by atoms with Gasteiger partial charge in [-0.05, 0) is 60.5 Å². The summed E-state index contributed by atoms with van der Waals surface area (Å²) in [5.41, 5.74) is 2.73. The van der Waals surface area contributed by atoms with Gasteiger partial charge in [0.15, 0.2) is 0 Å². The summed E-state index contributed by atoms with van der Waals surface area (Å²) >= 11 is 3.46. The van der Waals surface area contributed by atoms with Crippen LogP contribution in [-0.2, 0) is 9.59 Å². The number of nitrogens with zero attached hydrogens (tertiary/aromatic N) is 3. The van der Waals surface area contributed by atoms with Crippen LogP contribution in [0.15, 0.2) is 88.4 Å². The first-order valence-electron chi connectivity index (χ1n) is 11.4. The molecule has 5 rings (SSSR count). The highest BCUT2D eigenvalue weighted by Crippen LogP contribution is 2.39. The van der Waals surface area contributed by atoms with Crippen LogP contribution in [0.4, 0.5) is 11.4 Å². The van der Waals surface area contributed by atoms with E-state index in [1.807, 2.05) is 54.6 Å². The third kappa shape index (κ3) is 4.01. The molecule has 2 heterocycles. The summed E-state index contributed by atoms with van der Waals surface area (Å²) in [7, 11) is 0. The molecule has 172 valence electrons. The third-order valence-corrected chi connectivity index (χ3v) is 6.60. The molecular weight excluding hydrogens is 494 g/mol. The molecule has 2 atom stereocenters. The summed E-state index contributed by atoms with van der Waals surface area (Å²) < 4.78 is 6.67. The Bertz CT molecular complexity index is 1230. The number of carbonyl (C=O) groups excluding carboxylic acids is 2. The maximum atomic E-state index is 13.7. The summed E-state index contributed by atoms with van der Waals surface area (Å²) in [4.78, 5) is 28.6. The number of imide groups is 1. The van der Waals surface area contributed by atoms with Gasteiger partial charge in [-0.15, -0.1) is 0 Å². The zero-order valence-corrected chi connectivity index (χ0v) is 20.3. The maximum Gasteiger partial charge on any atom is 0.259 e. The quantitative estimate of drug-likeness (QED) is 0.310. The molecule has 2 amide bonds. The monoisotopic (exact) mass is 517 g/mol. The van der Waals surface area contributed by atoms with Crippen LogP contribution < -0.4 is 14.6 Å². The van der Waals surface area contributed by atoms with Crippen molar-refractivity contribution in [1.29, 1.82) is 0 Å². The summed E-state index contributed by atoms with van der Waals surface area (Å²) in [5.74, 6) is -0.516. The predicted molar refractivity (Wildman–Crippen MR) is 136 cm³/mol. The summed E-state index contributed by atoms with van der Waals surface area (Å²) in [5, 5.41) is 6.46. The van der Waals surface area contributed by atoms with E-state index in [1.165, 1.54) is 4.90 Å². The van der Waals surface area contributed by atoms with Gasteiger partial charge in [-0.25, -0.2) is 4.90 Å². The second-order valence-corrected chi connectivity index (χ2v) is 9.22. The Hall–Kier alpha value is -3.45. The van der Waals surface area contributed by atoms with Crippen LogP contribution >= 0.6 is 15.9 Å². The molecule has 0 unspecified atom stereocenters. The lowest BCUT2D eigenvalue weighted by Crippen LogP contribution is -2.39. The molecule has 2 aliphatic rings.